The zero-order valence-electron chi connectivity index (χ0n) is 7.32. The number of hydrogen-bond acceptors (Lipinski definition) is 4. The monoisotopic (exact) mass is 243 g/mol. The first-order valence-electron chi connectivity index (χ1n) is 3.81. The highest BCUT2D eigenvalue weighted by Crippen LogP contribution is 2.04. The van der Waals surface area contributed by atoms with Crippen molar-refractivity contribution >= 4 is 38.4 Å². The molecule has 0 aliphatic rings. The summed E-state index contributed by atoms with van der Waals surface area (Å²) in [6.45, 7) is 2.70. The van der Waals surface area contributed by atoms with Gasteiger partial charge in [-0.05, 0) is 13.3 Å². The van der Waals surface area contributed by atoms with Crippen LogP contribution < -0.4 is 5.32 Å². The van der Waals surface area contributed by atoms with Crippen molar-refractivity contribution in [1.29, 1.82) is 0 Å². The summed E-state index contributed by atoms with van der Waals surface area (Å²) in [5, 5.41) is 2.93. The van der Waals surface area contributed by atoms with E-state index in [1.807, 2.05) is 6.92 Å². The maximum absolute atomic E-state index is 10.3. The standard InChI is InChI=1S/C6H13NO3S3/c1-2-7-6(11)12-4-3-5-13(8,9)10/h2-5H2,1H3,(H,7,11)(H,8,9,10). The highest BCUT2D eigenvalue weighted by Gasteiger charge is 2.04. The van der Waals surface area contributed by atoms with Crippen LogP contribution >= 0.6 is 24.0 Å². The van der Waals surface area contributed by atoms with Gasteiger partial charge in [0.2, 0.25) is 0 Å². The van der Waals surface area contributed by atoms with Gasteiger partial charge >= 0.3 is 0 Å². The number of thiocarbonyl (C=S) groups is 1. The maximum Gasteiger partial charge on any atom is 0.264 e. The van der Waals surface area contributed by atoms with Crippen molar-refractivity contribution in [1.82, 2.24) is 5.32 Å². The van der Waals surface area contributed by atoms with Gasteiger partial charge in [0.1, 0.15) is 4.32 Å². The molecule has 78 valence electrons. The van der Waals surface area contributed by atoms with Gasteiger partial charge in [-0.1, -0.05) is 24.0 Å². The van der Waals surface area contributed by atoms with Gasteiger partial charge in [-0.25, -0.2) is 0 Å². The van der Waals surface area contributed by atoms with Crippen LogP contribution in [0, 0.1) is 0 Å². The number of rotatable bonds is 5. The highest BCUT2D eigenvalue weighted by atomic mass is 32.2. The minimum atomic E-state index is -3.81. The summed E-state index contributed by atoms with van der Waals surface area (Å²) in [5.74, 6) is 0.403. The Morgan fingerprint density at radius 3 is 2.69 bits per heavy atom. The second kappa shape index (κ2) is 6.58. The van der Waals surface area contributed by atoms with E-state index < -0.39 is 10.1 Å². The number of thioether (sulfide) groups is 1. The van der Waals surface area contributed by atoms with Gasteiger partial charge in [0.15, 0.2) is 0 Å². The molecule has 0 aliphatic heterocycles. The molecule has 0 heterocycles. The molecule has 0 rings (SSSR count). The van der Waals surface area contributed by atoms with E-state index >= 15 is 0 Å². The Bertz CT molecular complexity index is 250. The van der Waals surface area contributed by atoms with Crippen molar-refractivity contribution in [3.8, 4) is 0 Å². The van der Waals surface area contributed by atoms with Gasteiger partial charge in [0.05, 0.1) is 5.75 Å². The normalized spacial score (nSPS) is 11.2. The summed E-state index contributed by atoms with van der Waals surface area (Å²) in [7, 11) is -3.81. The van der Waals surface area contributed by atoms with Gasteiger partial charge < -0.3 is 5.32 Å². The van der Waals surface area contributed by atoms with E-state index in [4.69, 9.17) is 16.8 Å². The van der Waals surface area contributed by atoms with Gasteiger partial charge in [-0.3, -0.25) is 4.55 Å². The molecule has 0 bridgehead atoms. The van der Waals surface area contributed by atoms with Crippen LogP contribution in [0.25, 0.3) is 0 Å². The summed E-state index contributed by atoms with van der Waals surface area (Å²) in [6.07, 6.45) is 0.412. The van der Waals surface area contributed by atoms with Crippen LogP contribution in [0.4, 0.5) is 0 Å². The first kappa shape index (κ1) is 13.2. The Hall–Kier alpha value is 0.150. The van der Waals surface area contributed by atoms with E-state index in [0.717, 1.165) is 6.54 Å². The molecule has 0 unspecified atom stereocenters. The second-order valence-electron chi connectivity index (χ2n) is 2.31. The largest absolute Gasteiger partial charge is 0.371 e. The molecule has 0 saturated carbocycles. The van der Waals surface area contributed by atoms with Gasteiger partial charge in [-0.15, -0.1) is 0 Å². The van der Waals surface area contributed by atoms with E-state index in [1.54, 1.807) is 0 Å². The maximum atomic E-state index is 10.3. The second-order valence-corrected chi connectivity index (χ2v) is 5.65. The lowest BCUT2D eigenvalue weighted by Crippen LogP contribution is -2.17. The van der Waals surface area contributed by atoms with Gasteiger partial charge in [-0.2, -0.15) is 8.42 Å². The summed E-state index contributed by atoms with van der Waals surface area (Å²) >= 11 is 6.29. The molecule has 2 N–H and O–H groups in total. The van der Waals surface area contributed by atoms with Crippen molar-refractivity contribution in [3.63, 3.8) is 0 Å². The van der Waals surface area contributed by atoms with Crippen molar-refractivity contribution in [3.05, 3.63) is 0 Å². The fourth-order valence-corrected chi connectivity index (χ4v) is 2.41. The number of nitrogens with one attached hydrogen (secondary N) is 1. The third-order valence-electron chi connectivity index (χ3n) is 1.10. The predicted molar refractivity (Wildman–Crippen MR) is 59.8 cm³/mol. The molecule has 0 amide bonds. The Labute approximate surface area is 88.2 Å². The summed E-state index contributed by atoms with van der Waals surface area (Å²) in [5.41, 5.74) is 0. The van der Waals surface area contributed by atoms with Gasteiger partial charge in [0, 0.05) is 12.3 Å². The molecular formula is C6H13NO3S3. The molecule has 0 radical (unpaired) electrons. The van der Waals surface area contributed by atoms with Crippen molar-refractivity contribution in [2.24, 2.45) is 0 Å². The third kappa shape index (κ3) is 10.1. The van der Waals surface area contributed by atoms with Crippen LogP contribution in [0.2, 0.25) is 0 Å². The van der Waals surface area contributed by atoms with Crippen LogP contribution in [0.15, 0.2) is 0 Å². The lowest BCUT2D eigenvalue weighted by molar-refractivity contribution is 0.482. The average Bonchev–Trinajstić information content (AvgIpc) is 1.97. The van der Waals surface area contributed by atoms with Crippen molar-refractivity contribution in [2.45, 2.75) is 13.3 Å². The molecule has 0 saturated heterocycles. The van der Waals surface area contributed by atoms with E-state index in [9.17, 15) is 8.42 Å². The van der Waals surface area contributed by atoms with Crippen LogP contribution in [0.5, 0.6) is 0 Å². The van der Waals surface area contributed by atoms with E-state index in [2.05, 4.69) is 5.32 Å². The van der Waals surface area contributed by atoms with E-state index in [0.29, 0.717) is 16.5 Å². The molecule has 0 spiro atoms. The lowest BCUT2D eigenvalue weighted by atomic mass is 10.6. The van der Waals surface area contributed by atoms with Crippen molar-refractivity contribution in [2.75, 3.05) is 18.1 Å². The van der Waals surface area contributed by atoms with Crippen LogP contribution in [0.3, 0.4) is 0 Å². The summed E-state index contributed by atoms with van der Waals surface area (Å²) in [4.78, 5) is 0. The molecule has 0 aromatic heterocycles. The summed E-state index contributed by atoms with van der Waals surface area (Å²) in [6, 6.07) is 0. The minimum absolute atomic E-state index is 0.200. The van der Waals surface area contributed by atoms with Crippen LogP contribution in [-0.2, 0) is 10.1 Å². The van der Waals surface area contributed by atoms with Crippen LogP contribution in [-0.4, -0.2) is 35.3 Å². The molecule has 0 aromatic rings. The molecule has 13 heavy (non-hydrogen) atoms. The topological polar surface area (TPSA) is 66.4 Å². The average molecular weight is 243 g/mol. The Kier molecular flexibility index (Phi) is 6.66. The Balaban J connectivity index is 3.41. The Morgan fingerprint density at radius 2 is 2.23 bits per heavy atom. The van der Waals surface area contributed by atoms with Gasteiger partial charge in [0.25, 0.3) is 10.1 Å². The zero-order chi connectivity index (χ0) is 10.3. The fourth-order valence-electron chi connectivity index (χ4n) is 0.602. The number of hydrogen-bond donors (Lipinski definition) is 2. The van der Waals surface area contributed by atoms with Crippen molar-refractivity contribution < 1.29 is 13.0 Å². The quantitative estimate of drug-likeness (QED) is 0.425. The van der Waals surface area contributed by atoms with E-state index in [1.165, 1.54) is 11.8 Å². The minimum Gasteiger partial charge on any atom is -0.371 e. The predicted octanol–water partition coefficient (Wildman–Crippen LogP) is 0.892. The first-order valence-corrected chi connectivity index (χ1v) is 6.82. The zero-order valence-corrected chi connectivity index (χ0v) is 9.77. The SMILES string of the molecule is CCNC(=S)SCCCS(=O)(=O)O. The third-order valence-corrected chi connectivity index (χ3v) is 3.30. The smallest absolute Gasteiger partial charge is 0.264 e. The molecular weight excluding hydrogens is 230 g/mol. The molecule has 0 aliphatic carbocycles. The summed E-state index contributed by atoms with van der Waals surface area (Å²) < 4.78 is 29.7. The Morgan fingerprint density at radius 1 is 1.62 bits per heavy atom. The fraction of sp³-hybridized carbons (Fsp3) is 0.833. The molecule has 0 fully saturated rings. The molecule has 0 aromatic carbocycles. The highest BCUT2D eigenvalue weighted by molar-refractivity contribution is 8.22. The first-order chi connectivity index (χ1) is 5.95. The lowest BCUT2D eigenvalue weighted by Gasteiger charge is -2.03. The van der Waals surface area contributed by atoms with E-state index in [-0.39, 0.29) is 5.75 Å². The molecule has 4 nitrogen and oxygen atoms in total. The molecule has 0 atom stereocenters. The molecule has 7 heteroatoms. The van der Waals surface area contributed by atoms with Crippen LogP contribution in [0.1, 0.15) is 13.3 Å².